The molecular formula is C12H18N2O5S. The molecule has 112 valence electrons. The fourth-order valence-corrected chi connectivity index (χ4v) is 3.05. The molecule has 0 aliphatic carbocycles. The fraction of sp³-hybridized carbons (Fsp3) is 0.500. The van der Waals surface area contributed by atoms with Gasteiger partial charge in [0.1, 0.15) is 0 Å². The van der Waals surface area contributed by atoms with E-state index in [1.165, 1.54) is 26.1 Å². The second-order valence-corrected chi connectivity index (χ2v) is 7.12. The molecule has 0 spiro atoms. The number of hydrogen-bond donors (Lipinski definition) is 1. The lowest BCUT2D eigenvalue weighted by Gasteiger charge is -2.32. The molecule has 7 nitrogen and oxygen atoms in total. The van der Waals surface area contributed by atoms with Crippen LogP contribution in [0.3, 0.4) is 0 Å². The van der Waals surface area contributed by atoms with Crippen molar-refractivity contribution in [2.45, 2.75) is 31.2 Å². The molecule has 0 fully saturated rings. The molecule has 1 aromatic rings. The summed E-state index contributed by atoms with van der Waals surface area (Å²) in [5.74, 6) is 0. The van der Waals surface area contributed by atoms with Crippen LogP contribution in [0.25, 0.3) is 0 Å². The number of benzene rings is 1. The molecule has 0 saturated heterocycles. The van der Waals surface area contributed by atoms with E-state index in [4.69, 9.17) is 0 Å². The normalized spacial score (nSPS) is 12.7. The minimum absolute atomic E-state index is 0.168. The number of likely N-dealkylation sites (N-methyl/N-ethyl adjacent to an activating group) is 1. The maximum Gasteiger partial charge on any atom is 0.273 e. The lowest BCUT2D eigenvalue weighted by atomic mass is 10.1. The molecule has 1 aromatic carbocycles. The highest BCUT2D eigenvalue weighted by atomic mass is 32.2. The van der Waals surface area contributed by atoms with Gasteiger partial charge in [-0.3, -0.25) is 10.1 Å². The topological polar surface area (TPSA) is 101 Å². The Morgan fingerprint density at radius 1 is 1.40 bits per heavy atom. The Balaban J connectivity index is 3.37. The maximum absolute atomic E-state index is 12.4. The zero-order valence-corrected chi connectivity index (χ0v) is 12.6. The van der Waals surface area contributed by atoms with Gasteiger partial charge in [0.15, 0.2) is 0 Å². The molecule has 0 amide bonds. The molecule has 1 rings (SSSR count). The van der Waals surface area contributed by atoms with Gasteiger partial charge in [0.05, 0.1) is 22.0 Å². The van der Waals surface area contributed by atoms with Crippen LogP contribution in [0.5, 0.6) is 0 Å². The zero-order valence-electron chi connectivity index (χ0n) is 11.8. The molecular weight excluding hydrogens is 284 g/mol. The van der Waals surface area contributed by atoms with Crippen molar-refractivity contribution in [1.82, 2.24) is 4.31 Å². The van der Waals surface area contributed by atoms with Crippen molar-refractivity contribution in [3.8, 4) is 0 Å². The highest BCUT2D eigenvalue weighted by molar-refractivity contribution is 7.89. The van der Waals surface area contributed by atoms with Crippen molar-refractivity contribution in [3.63, 3.8) is 0 Å². The summed E-state index contributed by atoms with van der Waals surface area (Å²) >= 11 is 0. The van der Waals surface area contributed by atoms with Gasteiger partial charge >= 0.3 is 0 Å². The highest BCUT2D eigenvalue weighted by Crippen LogP contribution is 2.27. The van der Waals surface area contributed by atoms with E-state index in [2.05, 4.69) is 0 Å². The van der Waals surface area contributed by atoms with Crippen LogP contribution in [0.2, 0.25) is 0 Å². The van der Waals surface area contributed by atoms with Crippen molar-refractivity contribution in [1.29, 1.82) is 0 Å². The number of aryl methyl sites for hydroxylation is 1. The first-order valence-electron chi connectivity index (χ1n) is 5.89. The van der Waals surface area contributed by atoms with Crippen LogP contribution in [0.15, 0.2) is 23.1 Å². The lowest BCUT2D eigenvalue weighted by molar-refractivity contribution is -0.385. The van der Waals surface area contributed by atoms with Crippen LogP contribution >= 0.6 is 0 Å². The summed E-state index contributed by atoms with van der Waals surface area (Å²) in [6, 6.07) is 3.75. The number of nitrogens with zero attached hydrogens (tertiary/aromatic N) is 2. The van der Waals surface area contributed by atoms with E-state index in [1.807, 2.05) is 0 Å². The average molecular weight is 302 g/mol. The summed E-state index contributed by atoms with van der Waals surface area (Å²) in [4.78, 5) is 10.1. The summed E-state index contributed by atoms with van der Waals surface area (Å²) in [6.07, 6.45) is 0. The van der Waals surface area contributed by atoms with Gasteiger partial charge in [-0.2, -0.15) is 4.31 Å². The van der Waals surface area contributed by atoms with Crippen LogP contribution in [-0.4, -0.2) is 41.9 Å². The molecule has 0 unspecified atom stereocenters. The number of sulfonamides is 1. The molecule has 1 N–H and O–H groups in total. The van der Waals surface area contributed by atoms with Crippen LogP contribution < -0.4 is 0 Å². The number of aliphatic hydroxyl groups is 1. The predicted octanol–water partition coefficient (Wildman–Crippen LogP) is 1.29. The minimum atomic E-state index is -3.91. The van der Waals surface area contributed by atoms with Crippen molar-refractivity contribution in [3.05, 3.63) is 33.9 Å². The van der Waals surface area contributed by atoms with Crippen LogP contribution in [0, 0.1) is 17.0 Å². The minimum Gasteiger partial charge on any atom is -0.394 e. The van der Waals surface area contributed by atoms with Crippen molar-refractivity contribution in [2.75, 3.05) is 13.7 Å². The molecule has 0 aliphatic heterocycles. The summed E-state index contributed by atoms with van der Waals surface area (Å²) in [5.41, 5.74) is -0.863. The molecule has 0 aromatic heterocycles. The summed E-state index contributed by atoms with van der Waals surface area (Å²) < 4.78 is 25.8. The van der Waals surface area contributed by atoms with E-state index in [0.29, 0.717) is 5.56 Å². The summed E-state index contributed by atoms with van der Waals surface area (Å²) in [6.45, 7) is 4.30. The Bertz CT molecular complexity index is 625. The third kappa shape index (κ3) is 2.97. The third-order valence-electron chi connectivity index (χ3n) is 3.28. The third-order valence-corrected chi connectivity index (χ3v) is 5.34. The first kappa shape index (κ1) is 16.5. The first-order valence-corrected chi connectivity index (χ1v) is 7.33. The molecule has 0 aliphatic rings. The standard InChI is InChI=1S/C12H18N2O5S/c1-9-5-6-10(7-11(9)14(16)17)20(18,19)13(4)12(2,3)8-15/h5-7,15H,8H2,1-4H3. The van der Waals surface area contributed by atoms with Crippen LogP contribution in [0.1, 0.15) is 19.4 Å². The van der Waals surface area contributed by atoms with E-state index >= 15 is 0 Å². The summed E-state index contributed by atoms with van der Waals surface area (Å²) in [7, 11) is -2.58. The van der Waals surface area contributed by atoms with Crippen molar-refractivity contribution in [2.24, 2.45) is 0 Å². The number of rotatable bonds is 5. The second-order valence-electron chi connectivity index (χ2n) is 5.15. The largest absolute Gasteiger partial charge is 0.394 e. The van der Waals surface area contributed by atoms with E-state index in [1.54, 1.807) is 13.8 Å². The van der Waals surface area contributed by atoms with Gasteiger partial charge in [0, 0.05) is 18.7 Å². The molecule has 0 radical (unpaired) electrons. The van der Waals surface area contributed by atoms with E-state index < -0.39 is 20.5 Å². The van der Waals surface area contributed by atoms with E-state index in [9.17, 15) is 23.6 Å². The Morgan fingerprint density at radius 2 is 1.95 bits per heavy atom. The number of hydrogen-bond acceptors (Lipinski definition) is 5. The van der Waals surface area contributed by atoms with Gasteiger partial charge in [-0.15, -0.1) is 0 Å². The quantitative estimate of drug-likeness (QED) is 0.652. The molecule has 8 heteroatoms. The Labute approximate surface area is 118 Å². The van der Waals surface area contributed by atoms with Crippen molar-refractivity contribution < 1.29 is 18.4 Å². The van der Waals surface area contributed by atoms with Gasteiger partial charge in [0.25, 0.3) is 5.69 Å². The molecule has 0 saturated carbocycles. The SMILES string of the molecule is Cc1ccc(S(=O)(=O)N(C)C(C)(C)CO)cc1[N+](=O)[O-]. The zero-order chi connectivity index (χ0) is 15.7. The van der Waals surface area contributed by atoms with E-state index in [-0.39, 0.29) is 17.2 Å². The van der Waals surface area contributed by atoms with E-state index in [0.717, 1.165) is 10.4 Å². The smallest absolute Gasteiger partial charge is 0.273 e. The Morgan fingerprint density at radius 3 is 2.40 bits per heavy atom. The van der Waals surface area contributed by atoms with Gasteiger partial charge in [-0.05, 0) is 26.8 Å². The monoisotopic (exact) mass is 302 g/mol. The summed E-state index contributed by atoms with van der Waals surface area (Å²) in [5, 5.41) is 20.1. The molecule has 0 heterocycles. The van der Waals surface area contributed by atoms with Crippen LogP contribution in [0.4, 0.5) is 5.69 Å². The van der Waals surface area contributed by atoms with Gasteiger partial charge in [-0.1, -0.05) is 6.07 Å². The Hall–Kier alpha value is -1.51. The first-order chi connectivity index (χ1) is 9.04. The second kappa shape index (κ2) is 5.47. The Kier molecular flexibility index (Phi) is 4.52. The fourth-order valence-electron chi connectivity index (χ4n) is 1.53. The molecule has 20 heavy (non-hydrogen) atoms. The average Bonchev–Trinajstić information content (AvgIpc) is 2.37. The van der Waals surface area contributed by atoms with Gasteiger partial charge in [-0.25, -0.2) is 8.42 Å². The number of aliphatic hydroxyl groups excluding tert-OH is 1. The molecule has 0 bridgehead atoms. The maximum atomic E-state index is 12.4. The number of nitro groups is 1. The van der Waals surface area contributed by atoms with Crippen molar-refractivity contribution >= 4 is 15.7 Å². The molecule has 0 atom stereocenters. The predicted molar refractivity (Wildman–Crippen MR) is 73.9 cm³/mol. The lowest BCUT2D eigenvalue weighted by Crippen LogP contribution is -2.47. The highest BCUT2D eigenvalue weighted by Gasteiger charge is 2.34. The number of nitro benzene ring substituents is 1. The van der Waals surface area contributed by atoms with Crippen LogP contribution in [-0.2, 0) is 10.0 Å². The van der Waals surface area contributed by atoms with Gasteiger partial charge in [0.2, 0.25) is 10.0 Å². The van der Waals surface area contributed by atoms with Gasteiger partial charge < -0.3 is 5.11 Å².